The third-order valence-electron chi connectivity index (χ3n) is 2.93. The molecule has 9 heteroatoms. The molecular formula is C15H21ClIN5O2. The third kappa shape index (κ3) is 7.02. The normalized spacial score (nSPS) is 11.2. The lowest BCUT2D eigenvalue weighted by Crippen LogP contribution is -2.32. The Kier molecular flexibility index (Phi) is 9.65. The van der Waals surface area contributed by atoms with Crippen LogP contribution in [0, 0.1) is 0 Å². The minimum absolute atomic E-state index is 0. The highest BCUT2D eigenvalue weighted by Gasteiger charge is 2.08. The molecule has 24 heavy (non-hydrogen) atoms. The Bertz CT molecular complexity index is 633. The number of nitrogens with two attached hydrogens (primary N) is 1. The maximum absolute atomic E-state index is 5.85. The summed E-state index contributed by atoms with van der Waals surface area (Å²) >= 11 is 5.85. The van der Waals surface area contributed by atoms with Gasteiger partial charge in [0.1, 0.15) is 6.54 Å². The van der Waals surface area contributed by atoms with Gasteiger partial charge in [0, 0.05) is 30.3 Å². The summed E-state index contributed by atoms with van der Waals surface area (Å²) in [6.45, 7) is 4.31. The van der Waals surface area contributed by atoms with E-state index in [1.54, 1.807) is 12.1 Å². The largest absolute Gasteiger partial charge is 0.382 e. The van der Waals surface area contributed by atoms with E-state index in [0.717, 1.165) is 18.6 Å². The number of hydrogen-bond donors (Lipinski definition) is 2. The molecular weight excluding hydrogens is 445 g/mol. The van der Waals surface area contributed by atoms with Gasteiger partial charge in [-0.25, -0.2) is 4.99 Å². The molecule has 0 atom stereocenters. The molecule has 1 aromatic heterocycles. The number of aliphatic imine (C=N–C) groups is 1. The number of ether oxygens (including phenoxy) is 1. The number of rotatable bonds is 8. The predicted octanol–water partition coefficient (Wildman–Crippen LogP) is 2.84. The zero-order valence-corrected chi connectivity index (χ0v) is 16.5. The second kappa shape index (κ2) is 11.2. The lowest BCUT2D eigenvalue weighted by atomic mass is 10.2. The molecule has 0 unspecified atom stereocenters. The van der Waals surface area contributed by atoms with Crippen LogP contribution in [0.25, 0.3) is 11.4 Å². The molecule has 0 aliphatic carbocycles. The quantitative estimate of drug-likeness (QED) is 0.269. The molecule has 7 nitrogen and oxygen atoms in total. The van der Waals surface area contributed by atoms with Crippen LogP contribution in [0.2, 0.25) is 5.02 Å². The molecule has 0 aliphatic rings. The topological polar surface area (TPSA) is 98.6 Å². The molecule has 0 radical (unpaired) electrons. The highest BCUT2D eigenvalue weighted by atomic mass is 127. The van der Waals surface area contributed by atoms with Crippen LogP contribution in [0.3, 0.4) is 0 Å². The Morgan fingerprint density at radius 1 is 1.38 bits per heavy atom. The van der Waals surface area contributed by atoms with Crippen molar-refractivity contribution in [2.45, 2.75) is 19.9 Å². The Morgan fingerprint density at radius 3 is 2.83 bits per heavy atom. The van der Waals surface area contributed by atoms with Crippen molar-refractivity contribution in [2.75, 3.05) is 19.8 Å². The number of hydrogen-bond acceptors (Lipinski definition) is 5. The van der Waals surface area contributed by atoms with Crippen molar-refractivity contribution >= 4 is 41.5 Å². The van der Waals surface area contributed by atoms with Crippen LogP contribution in [-0.4, -0.2) is 35.9 Å². The standard InChI is InChI=1S/C15H20ClN5O2.HI/c1-2-22-9-3-8-18-15(17)19-10-13-20-14(21-23-13)11-4-6-12(16)7-5-11;/h4-7H,2-3,8-10H2,1H3,(H3,17,18,19);1H. The summed E-state index contributed by atoms with van der Waals surface area (Å²) in [7, 11) is 0. The van der Waals surface area contributed by atoms with E-state index in [1.165, 1.54) is 0 Å². The van der Waals surface area contributed by atoms with Crippen molar-refractivity contribution in [3.8, 4) is 11.4 Å². The van der Waals surface area contributed by atoms with E-state index in [-0.39, 0.29) is 30.5 Å². The van der Waals surface area contributed by atoms with Gasteiger partial charge in [0.25, 0.3) is 0 Å². The molecule has 132 valence electrons. The number of guanidine groups is 1. The van der Waals surface area contributed by atoms with Crippen molar-refractivity contribution in [1.82, 2.24) is 15.5 Å². The molecule has 1 heterocycles. The lowest BCUT2D eigenvalue weighted by Gasteiger charge is -2.04. The summed E-state index contributed by atoms with van der Waals surface area (Å²) in [4.78, 5) is 8.43. The fourth-order valence-electron chi connectivity index (χ4n) is 1.78. The monoisotopic (exact) mass is 465 g/mol. The van der Waals surface area contributed by atoms with Crippen LogP contribution in [0.1, 0.15) is 19.2 Å². The van der Waals surface area contributed by atoms with Crippen molar-refractivity contribution < 1.29 is 9.26 Å². The molecule has 2 aromatic rings. The fraction of sp³-hybridized carbons (Fsp3) is 0.400. The van der Waals surface area contributed by atoms with E-state index in [2.05, 4.69) is 20.4 Å². The van der Waals surface area contributed by atoms with E-state index in [4.69, 9.17) is 26.6 Å². The minimum atomic E-state index is 0. The van der Waals surface area contributed by atoms with Crippen LogP contribution in [0.15, 0.2) is 33.8 Å². The summed E-state index contributed by atoms with van der Waals surface area (Å²) in [6, 6.07) is 7.20. The van der Waals surface area contributed by atoms with Crippen molar-refractivity contribution in [2.24, 2.45) is 10.7 Å². The Balaban J connectivity index is 0.00000288. The average Bonchev–Trinajstić information content (AvgIpc) is 3.02. The zero-order valence-electron chi connectivity index (χ0n) is 13.4. The maximum Gasteiger partial charge on any atom is 0.248 e. The van der Waals surface area contributed by atoms with E-state index in [1.807, 2.05) is 19.1 Å². The molecule has 0 aliphatic heterocycles. The highest BCUT2D eigenvalue weighted by Crippen LogP contribution is 2.18. The summed E-state index contributed by atoms with van der Waals surface area (Å²) < 4.78 is 10.4. The molecule has 0 fully saturated rings. The third-order valence-corrected chi connectivity index (χ3v) is 3.18. The Hall–Kier alpha value is -1.39. The van der Waals surface area contributed by atoms with Crippen molar-refractivity contribution in [1.29, 1.82) is 0 Å². The van der Waals surface area contributed by atoms with Gasteiger partial charge >= 0.3 is 0 Å². The number of halogens is 2. The first-order valence-corrected chi connectivity index (χ1v) is 7.77. The van der Waals surface area contributed by atoms with Crippen molar-refractivity contribution in [3.05, 3.63) is 35.2 Å². The summed E-state index contributed by atoms with van der Waals surface area (Å²) in [5.74, 6) is 1.23. The summed E-state index contributed by atoms with van der Waals surface area (Å²) in [5.41, 5.74) is 6.59. The highest BCUT2D eigenvalue weighted by molar-refractivity contribution is 14.0. The number of benzene rings is 1. The Labute approximate surface area is 163 Å². The maximum atomic E-state index is 5.85. The number of nitrogens with zero attached hydrogens (tertiary/aromatic N) is 3. The van der Waals surface area contributed by atoms with E-state index in [0.29, 0.717) is 35.8 Å². The minimum Gasteiger partial charge on any atom is -0.382 e. The Morgan fingerprint density at radius 2 is 2.12 bits per heavy atom. The van der Waals surface area contributed by atoms with Gasteiger partial charge in [-0.15, -0.1) is 24.0 Å². The second-order valence-electron chi connectivity index (χ2n) is 4.70. The zero-order chi connectivity index (χ0) is 16.5. The summed E-state index contributed by atoms with van der Waals surface area (Å²) in [6.07, 6.45) is 0.866. The van der Waals surface area contributed by atoms with Gasteiger partial charge in [-0.2, -0.15) is 4.98 Å². The van der Waals surface area contributed by atoms with Gasteiger partial charge in [-0.3, -0.25) is 0 Å². The van der Waals surface area contributed by atoms with Crippen LogP contribution < -0.4 is 11.1 Å². The fourth-order valence-corrected chi connectivity index (χ4v) is 1.91. The molecule has 0 saturated heterocycles. The van der Waals surface area contributed by atoms with Gasteiger partial charge in [0.2, 0.25) is 11.7 Å². The van der Waals surface area contributed by atoms with Gasteiger partial charge in [0.05, 0.1) is 0 Å². The first-order chi connectivity index (χ1) is 11.2. The first kappa shape index (κ1) is 20.7. The summed E-state index contributed by atoms with van der Waals surface area (Å²) in [5, 5.41) is 7.57. The molecule has 0 spiro atoms. The first-order valence-electron chi connectivity index (χ1n) is 7.39. The smallest absolute Gasteiger partial charge is 0.248 e. The predicted molar refractivity (Wildman–Crippen MR) is 105 cm³/mol. The van der Waals surface area contributed by atoms with Crippen LogP contribution in [0.5, 0.6) is 0 Å². The van der Waals surface area contributed by atoms with Gasteiger partial charge < -0.3 is 20.3 Å². The molecule has 3 N–H and O–H groups in total. The van der Waals surface area contributed by atoms with Gasteiger partial charge in [0.15, 0.2) is 5.96 Å². The molecule has 1 aromatic carbocycles. The second-order valence-corrected chi connectivity index (χ2v) is 5.13. The number of aromatic nitrogens is 2. The molecule has 0 bridgehead atoms. The SMILES string of the molecule is CCOCCCNC(N)=NCc1nc(-c2ccc(Cl)cc2)no1.I. The molecule has 0 amide bonds. The lowest BCUT2D eigenvalue weighted by molar-refractivity contribution is 0.145. The van der Waals surface area contributed by atoms with Gasteiger partial charge in [-0.1, -0.05) is 16.8 Å². The van der Waals surface area contributed by atoms with Crippen LogP contribution in [0.4, 0.5) is 0 Å². The van der Waals surface area contributed by atoms with Crippen molar-refractivity contribution in [3.63, 3.8) is 0 Å². The van der Waals surface area contributed by atoms with Gasteiger partial charge in [-0.05, 0) is 37.6 Å². The molecule has 2 rings (SSSR count). The van der Waals surface area contributed by atoms with Crippen LogP contribution in [-0.2, 0) is 11.3 Å². The molecule has 0 saturated carbocycles. The average molecular weight is 466 g/mol. The van der Waals surface area contributed by atoms with E-state index in [9.17, 15) is 0 Å². The number of nitrogens with one attached hydrogen (secondary N) is 1. The van der Waals surface area contributed by atoms with E-state index < -0.39 is 0 Å². The van der Waals surface area contributed by atoms with E-state index >= 15 is 0 Å². The van der Waals surface area contributed by atoms with Crippen LogP contribution >= 0.6 is 35.6 Å².